The molecule has 31 heavy (non-hydrogen) atoms. The summed E-state index contributed by atoms with van der Waals surface area (Å²) < 4.78 is 8.02. The van der Waals surface area contributed by atoms with Gasteiger partial charge >= 0.3 is 0 Å². The average Bonchev–Trinajstić information content (AvgIpc) is 2.73. The maximum Gasteiger partial charge on any atom is 0.261 e. The topological polar surface area (TPSA) is 89.4 Å². The molecule has 0 radical (unpaired) electrons. The van der Waals surface area contributed by atoms with Gasteiger partial charge in [-0.1, -0.05) is 15.9 Å². The van der Waals surface area contributed by atoms with Crippen LogP contribution in [0.1, 0.15) is 20.3 Å². The first-order valence-corrected chi connectivity index (χ1v) is 11.0. The van der Waals surface area contributed by atoms with Crippen LogP contribution in [0, 0.1) is 0 Å². The summed E-state index contributed by atoms with van der Waals surface area (Å²) in [5, 5.41) is 3.36. The molecule has 2 aromatic heterocycles. The molecule has 0 spiro atoms. The molecule has 0 aliphatic carbocycles. The van der Waals surface area contributed by atoms with Crippen LogP contribution >= 0.6 is 15.9 Å². The van der Waals surface area contributed by atoms with E-state index in [4.69, 9.17) is 4.74 Å². The van der Waals surface area contributed by atoms with Gasteiger partial charge in [-0.3, -0.25) is 14.2 Å². The fourth-order valence-electron chi connectivity index (χ4n) is 3.75. The summed E-state index contributed by atoms with van der Waals surface area (Å²) >= 11 is 3.37. The first kappa shape index (κ1) is 21.5. The minimum absolute atomic E-state index is 0.152. The van der Waals surface area contributed by atoms with E-state index in [1.165, 1.54) is 10.9 Å². The molecule has 2 unspecified atom stereocenters. The summed E-state index contributed by atoms with van der Waals surface area (Å²) in [6.07, 6.45) is 3.59. The Hall–Kier alpha value is -2.78. The van der Waals surface area contributed by atoms with E-state index in [0.29, 0.717) is 16.6 Å². The summed E-state index contributed by atoms with van der Waals surface area (Å²) in [6.45, 7) is 5.91. The first-order valence-electron chi connectivity index (χ1n) is 10.2. The maximum atomic E-state index is 12.6. The van der Waals surface area contributed by atoms with E-state index in [-0.39, 0.29) is 36.6 Å². The molecule has 162 valence electrons. The summed E-state index contributed by atoms with van der Waals surface area (Å²) in [6, 6.07) is 9.10. The normalized spacial score (nSPS) is 18.9. The second-order valence-electron chi connectivity index (χ2n) is 7.77. The number of hydrogen-bond acceptors (Lipinski definition) is 6. The SMILES string of the molecule is CC1CN(c2ccc(NC(=O)CCn3cnc4ccc(Br)cc4c3=O)cn2)CC(C)O1. The number of ether oxygens (including phenoxy) is 1. The van der Waals surface area contributed by atoms with Crippen molar-refractivity contribution in [2.75, 3.05) is 23.3 Å². The van der Waals surface area contributed by atoms with E-state index in [9.17, 15) is 9.59 Å². The van der Waals surface area contributed by atoms with E-state index in [0.717, 1.165) is 23.4 Å². The van der Waals surface area contributed by atoms with Crippen LogP contribution in [0.5, 0.6) is 0 Å². The molecule has 4 rings (SSSR count). The van der Waals surface area contributed by atoms with Gasteiger partial charge in [0.2, 0.25) is 5.91 Å². The number of aromatic nitrogens is 3. The van der Waals surface area contributed by atoms with Crippen molar-refractivity contribution < 1.29 is 9.53 Å². The van der Waals surface area contributed by atoms with Gasteiger partial charge in [0.1, 0.15) is 5.82 Å². The van der Waals surface area contributed by atoms with Crippen LogP contribution in [-0.4, -0.2) is 45.7 Å². The number of carbonyl (C=O) groups is 1. The Balaban J connectivity index is 1.36. The largest absolute Gasteiger partial charge is 0.372 e. The van der Waals surface area contributed by atoms with Crippen LogP contribution in [0.25, 0.3) is 10.9 Å². The highest BCUT2D eigenvalue weighted by Gasteiger charge is 2.23. The standard InChI is InChI=1S/C22H24BrN5O3/c1-14-11-28(12-15(2)31-14)20-6-4-17(10-24-20)26-21(29)7-8-27-13-25-19-5-3-16(23)9-18(19)22(27)30/h3-6,9-10,13-15H,7-8,11-12H2,1-2H3,(H,26,29). The molecule has 1 saturated heterocycles. The van der Waals surface area contributed by atoms with Crippen molar-refractivity contribution in [3.8, 4) is 0 Å². The van der Waals surface area contributed by atoms with Gasteiger partial charge in [0.25, 0.3) is 5.56 Å². The monoisotopic (exact) mass is 485 g/mol. The lowest BCUT2D eigenvalue weighted by atomic mass is 10.2. The minimum Gasteiger partial charge on any atom is -0.372 e. The average molecular weight is 486 g/mol. The number of anilines is 2. The molecule has 0 saturated carbocycles. The molecule has 3 heterocycles. The molecule has 1 aliphatic heterocycles. The Bertz CT molecular complexity index is 1140. The Morgan fingerprint density at radius 3 is 2.68 bits per heavy atom. The second kappa shape index (κ2) is 9.15. The highest BCUT2D eigenvalue weighted by atomic mass is 79.9. The first-order chi connectivity index (χ1) is 14.9. The van der Waals surface area contributed by atoms with Crippen molar-refractivity contribution in [2.24, 2.45) is 0 Å². The number of hydrogen-bond donors (Lipinski definition) is 1. The Morgan fingerprint density at radius 1 is 1.19 bits per heavy atom. The third-order valence-electron chi connectivity index (χ3n) is 5.14. The van der Waals surface area contributed by atoms with Gasteiger partial charge in [-0.2, -0.15) is 0 Å². The molecule has 1 aromatic carbocycles. The number of halogens is 1. The third-order valence-corrected chi connectivity index (χ3v) is 5.63. The van der Waals surface area contributed by atoms with Crippen molar-refractivity contribution >= 4 is 44.2 Å². The number of nitrogens with zero attached hydrogens (tertiary/aromatic N) is 4. The van der Waals surface area contributed by atoms with Gasteiger partial charge in [-0.15, -0.1) is 0 Å². The summed E-state index contributed by atoms with van der Waals surface area (Å²) in [4.78, 5) is 36.0. The smallest absolute Gasteiger partial charge is 0.261 e. The van der Waals surface area contributed by atoms with E-state index >= 15 is 0 Å². The number of carbonyl (C=O) groups excluding carboxylic acids is 1. The van der Waals surface area contributed by atoms with Gasteiger partial charge in [0.05, 0.1) is 41.3 Å². The summed E-state index contributed by atoms with van der Waals surface area (Å²) in [7, 11) is 0. The van der Waals surface area contributed by atoms with Crippen LogP contribution in [0.3, 0.4) is 0 Å². The lowest BCUT2D eigenvalue weighted by molar-refractivity contribution is -0.116. The molecular weight excluding hydrogens is 462 g/mol. The molecule has 9 heteroatoms. The fourth-order valence-corrected chi connectivity index (χ4v) is 4.11. The minimum atomic E-state index is -0.190. The van der Waals surface area contributed by atoms with Crippen molar-refractivity contribution in [2.45, 2.75) is 39.0 Å². The number of amides is 1. The van der Waals surface area contributed by atoms with Crippen molar-refractivity contribution in [1.29, 1.82) is 0 Å². The maximum absolute atomic E-state index is 12.6. The van der Waals surface area contributed by atoms with Gasteiger partial charge in [-0.05, 0) is 44.2 Å². The Morgan fingerprint density at radius 2 is 1.97 bits per heavy atom. The van der Waals surface area contributed by atoms with Crippen molar-refractivity contribution in [3.63, 3.8) is 0 Å². The third kappa shape index (κ3) is 5.11. The molecule has 0 bridgehead atoms. The molecule has 2 atom stereocenters. The van der Waals surface area contributed by atoms with E-state index in [1.54, 1.807) is 18.3 Å². The fraction of sp³-hybridized carbons (Fsp3) is 0.364. The van der Waals surface area contributed by atoms with Crippen LogP contribution in [0.2, 0.25) is 0 Å². The second-order valence-corrected chi connectivity index (χ2v) is 8.69. The van der Waals surface area contributed by atoms with Crippen LogP contribution < -0.4 is 15.8 Å². The quantitative estimate of drug-likeness (QED) is 0.596. The Labute approximate surface area is 188 Å². The lowest BCUT2D eigenvalue weighted by Gasteiger charge is -2.36. The highest BCUT2D eigenvalue weighted by molar-refractivity contribution is 9.10. The van der Waals surface area contributed by atoms with E-state index in [2.05, 4.69) is 36.1 Å². The number of nitrogens with one attached hydrogen (secondary N) is 1. The van der Waals surface area contributed by atoms with E-state index in [1.807, 2.05) is 32.0 Å². The number of pyridine rings is 1. The lowest BCUT2D eigenvalue weighted by Crippen LogP contribution is -2.45. The number of aryl methyl sites for hydroxylation is 1. The van der Waals surface area contributed by atoms with Gasteiger partial charge in [0.15, 0.2) is 0 Å². The highest BCUT2D eigenvalue weighted by Crippen LogP contribution is 2.20. The number of rotatable bonds is 5. The molecule has 1 amide bonds. The molecule has 8 nitrogen and oxygen atoms in total. The van der Waals surface area contributed by atoms with Gasteiger partial charge in [0, 0.05) is 30.5 Å². The summed E-state index contributed by atoms with van der Waals surface area (Å²) in [5.41, 5.74) is 1.08. The van der Waals surface area contributed by atoms with Crippen molar-refractivity contribution in [3.05, 3.63) is 57.7 Å². The molecule has 1 fully saturated rings. The Kier molecular flexibility index (Phi) is 6.33. The molecule has 1 aliphatic rings. The van der Waals surface area contributed by atoms with E-state index < -0.39 is 0 Å². The predicted molar refractivity (Wildman–Crippen MR) is 123 cm³/mol. The van der Waals surface area contributed by atoms with Crippen LogP contribution in [-0.2, 0) is 16.1 Å². The zero-order valence-electron chi connectivity index (χ0n) is 17.4. The summed E-state index contributed by atoms with van der Waals surface area (Å²) in [5.74, 6) is 0.671. The zero-order chi connectivity index (χ0) is 22.0. The zero-order valence-corrected chi connectivity index (χ0v) is 19.0. The molecule has 1 N–H and O–H groups in total. The number of benzene rings is 1. The van der Waals surface area contributed by atoms with Crippen LogP contribution in [0.4, 0.5) is 11.5 Å². The predicted octanol–water partition coefficient (Wildman–Crippen LogP) is 3.20. The molecular formula is C22H24BrN5O3. The van der Waals surface area contributed by atoms with Crippen molar-refractivity contribution in [1.82, 2.24) is 14.5 Å². The number of fused-ring (bicyclic) bond motifs is 1. The van der Waals surface area contributed by atoms with Crippen LogP contribution in [0.15, 0.2) is 52.1 Å². The molecule has 3 aromatic rings. The number of morpholine rings is 1. The van der Waals surface area contributed by atoms with Gasteiger partial charge in [-0.25, -0.2) is 9.97 Å². The van der Waals surface area contributed by atoms with Gasteiger partial charge < -0.3 is 15.0 Å².